The van der Waals surface area contributed by atoms with Gasteiger partial charge in [-0.3, -0.25) is 9.59 Å². The summed E-state index contributed by atoms with van der Waals surface area (Å²) in [5.74, 6) is -0.684. The van der Waals surface area contributed by atoms with Gasteiger partial charge in [0.25, 0.3) is 5.91 Å². The highest BCUT2D eigenvalue weighted by Gasteiger charge is 2.22. The summed E-state index contributed by atoms with van der Waals surface area (Å²) < 4.78 is 27.9. The number of hydrogen-bond donors (Lipinski definition) is 1. The molecule has 182 valence electrons. The lowest BCUT2D eigenvalue weighted by Crippen LogP contribution is -2.26. The number of carbonyl (C=O) groups excluding carboxylic acids is 2. The molecular weight excluding hydrogens is 540 g/mol. The average molecular weight is 563 g/mol. The summed E-state index contributed by atoms with van der Waals surface area (Å²) in [5, 5.41) is 2.78. The van der Waals surface area contributed by atoms with Crippen LogP contribution in [-0.4, -0.2) is 31.5 Å². The molecule has 0 aromatic heterocycles. The van der Waals surface area contributed by atoms with Gasteiger partial charge >= 0.3 is 0 Å². The fraction of sp³-hybridized carbons (Fsp3) is 0.0714. The smallest absolute Gasteiger partial charge is 0.255 e. The van der Waals surface area contributed by atoms with Crippen molar-refractivity contribution in [2.24, 2.45) is 0 Å². The van der Waals surface area contributed by atoms with Crippen LogP contribution < -0.4 is 5.32 Å². The molecule has 6 nitrogen and oxygen atoms in total. The van der Waals surface area contributed by atoms with E-state index in [1.807, 2.05) is 36.4 Å². The maximum absolute atomic E-state index is 13.0. The second-order valence-electron chi connectivity index (χ2n) is 8.11. The van der Waals surface area contributed by atoms with Crippen molar-refractivity contribution in [3.63, 3.8) is 0 Å². The molecule has 4 rings (SSSR count). The van der Waals surface area contributed by atoms with Crippen LogP contribution in [0.5, 0.6) is 0 Å². The van der Waals surface area contributed by atoms with Crippen LogP contribution in [0.2, 0.25) is 0 Å². The number of nitrogens with one attached hydrogen (secondary N) is 1. The van der Waals surface area contributed by atoms with Crippen molar-refractivity contribution in [2.75, 3.05) is 12.4 Å². The first-order chi connectivity index (χ1) is 17.3. The summed E-state index contributed by atoms with van der Waals surface area (Å²) in [6.45, 7) is 0.229. The van der Waals surface area contributed by atoms with E-state index in [0.29, 0.717) is 21.3 Å². The van der Waals surface area contributed by atoms with E-state index in [0.717, 1.165) is 5.56 Å². The lowest BCUT2D eigenvalue weighted by Gasteiger charge is -2.17. The summed E-state index contributed by atoms with van der Waals surface area (Å²) in [7, 11) is -2.22. The number of nitrogens with zero attached hydrogens (tertiary/aromatic N) is 1. The van der Waals surface area contributed by atoms with E-state index in [2.05, 4.69) is 21.2 Å². The lowest BCUT2D eigenvalue weighted by atomic mass is 10.0. The predicted octanol–water partition coefficient (Wildman–Crippen LogP) is 5.75. The van der Waals surface area contributed by atoms with Crippen LogP contribution in [0.25, 0.3) is 0 Å². The van der Waals surface area contributed by atoms with E-state index in [4.69, 9.17) is 0 Å². The lowest BCUT2D eigenvalue weighted by molar-refractivity contribution is 0.102. The van der Waals surface area contributed by atoms with Gasteiger partial charge < -0.3 is 5.32 Å². The molecule has 0 spiro atoms. The first kappa shape index (κ1) is 25.5. The monoisotopic (exact) mass is 562 g/mol. The number of sulfonamides is 1. The van der Waals surface area contributed by atoms with E-state index in [9.17, 15) is 18.0 Å². The minimum atomic E-state index is -3.74. The molecule has 0 saturated carbocycles. The van der Waals surface area contributed by atoms with Crippen molar-refractivity contribution in [1.82, 2.24) is 4.31 Å². The molecule has 0 atom stereocenters. The second-order valence-corrected chi connectivity index (χ2v) is 11.1. The zero-order chi connectivity index (χ0) is 25.7. The van der Waals surface area contributed by atoms with Crippen LogP contribution in [0.15, 0.2) is 112 Å². The minimum Gasteiger partial charge on any atom is -0.321 e. The first-order valence-corrected chi connectivity index (χ1v) is 13.3. The highest BCUT2D eigenvalue weighted by molar-refractivity contribution is 9.10. The standard InChI is InChI=1S/C28H23BrN2O4S/c1-31(19-20-8-4-2-5-9-20)36(34,35)24-15-12-22(13-16-24)28(33)30-26-17-14-23(29)18-25(26)27(32)21-10-6-3-7-11-21/h2-18H,19H2,1H3,(H,30,33). The molecule has 0 bridgehead atoms. The summed E-state index contributed by atoms with van der Waals surface area (Å²) in [6.07, 6.45) is 0. The SMILES string of the molecule is CN(Cc1ccccc1)S(=O)(=O)c1ccc(C(=O)Nc2ccc(Br)cc2C(=O)c2ccccc2)cc1. The number of carbonyl (C=O) groups is 2. The number of halogens is 1. The van der Waals surface area contributed by atoms with Gasteiger partial charge in [-0.1, -0.05) is 76.6 Å². The Morgan fingerprint density at radius 3 is 2.06 bits per heavy atom. The van der Waals surface area contributed by atoms with Crippen LogP contribution in [0.1, 0.15) is 31.8 Å². The van der Waals surface area contributed by atoms with Crippen LogP contribution in [-0.2, 0) is 16.6 Å². The molecule has 1 N–H and O–H groups in total. The van der Waals surface area contributed by atoms with Crippen molar-refractivity contribution in [1.29, 1.82) is 0 Å². The van der Waals surface area contributed by atoms with Gasteiger partial charge in [0.1, 0.15) is 0 Å². The van der Waals surface area contributed by atoms with Crippen LogP contribution in [0.3, 0.4) is 0 Å². The summed E-state index contributed by atoms with van der Waals surface area (Å²) >= 11 is 3.38. The third-order valence-corrected chi connectivity index (χ3v) is 7.89. The van der Waals surface area contributed by atoms with Crippen LogP contribution >= 0.6 is 15.9 Å². The molecule has 4 aromatic rings. The van der Waals surface area contributed by atoms with Gasteiger partial charge in [-0.15, -0.1) is 0 Å². The number of rotatable bonds is 8. The molecule has 1 amide bonds. The van der Waals surface area contributed by atoms with Crippen molar-refractivity contribution in [3.8, 4) is 0 Å². The summed E-state index contributed by atoms with van der Waals surface area (Å²) in [4.78, 5) is 26.1. The second kappa shape index (κ2) is 11.0. The number of benzene rings is 4. The average Bonchev–Trinajstić information content (AvgIpc) is 2.90. The Morgan fingerprint density at radius 2 is 1.42 bits per heavy atom. The number of ketones is 1. The van der Waals surface area contributed by atoms with Gasteiger partial charge in [-0.25, -0.2) is 8.42 Å². The van der Waals surface area contributed by atoms with Gasteiger partial charge in [0, 0.05) is 34.8 Å². The molecule has 0 fully saturated rings. The highest BCUT2D eigenvalue weighted by Crippen LogP contribution is 2.25. The molecule has 36 heavy (non-hydrogen) atoms. The van der Waals surface area contributed by atoms with E-state index in [1.54, 1.807) is 42.5 Å². The molecule has 0 aliphatic heterocycles. The first-order valence-electron chi connectivity index (χ1n) is 11.1. The van der Waals surface area contributed by atoms with Gasteiger partial charge in [-0.2, -0.15) is 4.31 Å². The molecule has 0 radical (unpaired) electrons. The molecule has 0 unspecified atom stereocenters. The third kappa shape index (κ3) is 5.79. The fourth-order valence-corrected chi connectivity index (χ4v) is 5.16. The number of anilines is 1. The normalized spacial score (nSPS) is 11.3. The van der Waals surface area contributed by atoms with E-state index in [1.165, 1.54) is 35.6 Å². The molecule has 0 aliphatic carbocycles. The molecule has 8 heteroatoms. The number of hydrogen-bond acceptors (Lipinski definition) is 4. The Kier molecular flexibility index (Phi) is 7.79. The molecule has 0 saturated heterocycles. The molecule has 0 aliphatic rings. The van der Waals surface area contributed by atoms with Gasteiger partial charge in [0.15, 0.2) is 5.78 Å². The third-order valence-electron chi connectivity index (χ3n) is 5.58. The summed E-state index contributed by atoms with van der Waals surface area (Å²) in [5.41, 5.74) is 2.33. The maximum atomic E-state index is 13.0. The Labute approximate surface area is 218 Å². The van der Waals surface area contributed by atoms with Crippen molar-refractivity contribution < 1.29 is 18.0 Å². The zero-order valence-corrected chi connectivity index (χ0v) is 21.8. The topological polar surface area (TPSA) is 83.6 Å². The summed E-state index contributed by atoms with van der Waals surface area (Å²) in [6, 6.07) is 28.9. The quantitative estimate of drug-likeness (QED) is 0.277. The zero-order valence-electron chi connectivity index (χ0n) is 19.4. The van der Waals surface area contributed by atoms with E-state index < -0.39 is 15.9 Å². The van der Waals surface area contributed by atoms with Crippen LogP contribution in [0, 0.1) is 0 Å². The Balaban J connectivity index is 1.52. The van der Waals surface area contributed by atoms with Gasteiger partial charge in [-0.05, 0) is 48.0 Å². The predicted molar refractivity (Wildman–Crippen MR) is 144 cm³/mol. The molecular formula is C28H23BrN2O4S. The van der Waals surface area contributed by atoms with Crippen LogP contribution in [0.4, 0.5) is 5.69 Å². The Hall–Kier alpha value is -3.59. The largest absolute Gasteiger partial charge is 0.321 e. The van der Waals surface area contributed by atoms with Crippen molar-refractivity contribution >= 4 is 43.3 Å². The van der Waals surface area contributed by atoms with E-state index in [-0.39, 0.29) is 22.8 Å². The van der Waals surface area contributed by atoms with Gasteiger partial charge in [0.2, 0.25) is 10.0 Å². The van der Waals surface area contributed by atoms with Crippen molar-refractivity contribution in [3.05, 3.63) is 130 Å². The number of amides is 1. The molecule has 0 heterocycles. The minimum absolute atomic E-state index is 0.0843. The Bertz CT molecular complexity index is 1490. The van der Waals surface area contributed by atoms with E-state index >= 15 is 0 Å². The fourth-order valence-electron chi connectivity index (χ4n) is 3.64. The molecule has 4 aromatic carbocycles. The highest BCUT2D eigenvalue weighted by atomic mass is 79.9. The van der Waals surface area contributed by atoms with Crippen molar-refractivity contribution in [2.45, 2.75) is 11.4 Å². The Morgan fingerprint density at radius 1 is 0.806 bits per heavy atom. The maximum Gasteiger partial charge on any atom is 0.255 e. The van der Waals surface area contributed by atoms with Gasteiger partial charge in [0.05, 0.1) is 10.6 Å².